The molecule has 0 spiro atoms. The zero-order valence-corrected chi connectivity index (χ0v) is 20.2. The maximum atomic E-state index is 12.6. The number of aromatic amines is 1. The van der Waals surface area contributed by atoms with Gasteiger partial charge in [-0.15, -0.1) is 10.2 Å². The molecule has 0 bridgehead atoms. The zero-order chi connectivity index (χ0) is 26.9. The first-order chi connectivity index (χ1) is 17.7. The van der Waals surface area contributed by atoms with Gasteiger partial charge in [0.2, 0.25) is 11.8 Å². The van der Waals surface area contributed by atoms with E-state index in [4.69, 9.17) is 30.5 Å². The Hall–Kier alpha value is -5.27. The first kappa shape index (κ1) is 26.3. The Balaban J connectivity index is 0.000000886. The summed E-state index contributed by atoms with van der Waals surface area (Å²) >= 11 is 0. The molecule has 6 N–H and O–H groups in total. The van der Waals surface area contributed by atoms with E-state index in [0.29, 0.717) is 34.4 Å². The van der Waals surface area contributed by atoms with Gasteiger partial charge in [0.1, 0.15) is 11.9 Å². The standard InChI is InChI=1S/C21H21N9O3.C2H4O2/c1-32-16-10-13(11-17(26-16)33-2)18(25-14-7-5-12(6-8-14)19(22)23)20-27-21(31)30(29-20)15-4-3-9-24-28-15;1-2(3)4/h3-11,18,25H,1-2H3,(H3,22,23)(H,27,29,31);1H3,(H,3,4)/t18-;/m0./s1. The van der Waals surface area contributed by atoms with E-state index in [2.05, 4.69) is 30.6 Å². The van der Waals surface area contributed by atoms with E-state index in [0.717, 1.165) is 11.6 Å². The second-order valence-electron chi connectivity index (χ2n) is 7.38. The topological polar surface area (TPSA) is 207 Å². The molecule has 37 heavy (non-hydrogen) atoms. The zero-order valence-electron chi connectivity index (χ0n) is 20.2. The van der Waals surface area contributed by atoms with Crippen LogP contribution in [0.25, 0.3) is 5.82 Å². The van der Waals surface area contributed by atoms with E-state index >= 15 is 0 Å². The Bertz CT molecular complexity index is 1390. The van der Waals surface area contributed by atoms with E-state index in [1.165, 1.54) is 20.4 Å². The lowest BCUT2D eigenvalue weighted by atomic mass is 10.1. The van der Waals surface area contributed by atoms with Gasteiger partial charge in [0.25, 0.3) is 5.97 Å². The van der Waals surface area contributed by atoms with Crippen molar-refractivity contribution >= 4 is 17.5 Å². The van der Waals surface area contributed by atoms with Crippen LogP contribution in [0, 0.1) is 5.41 Å². The molecular weight excluding hydrogens is 482 g/mol. The summed E-state index contributed by atoms with van der Waals surface area (Å²) in [4.78, 5) is 28.7. The number of benzene rings is 1. The van der Waals surface area contributed by atoms with E-state index in [-0.39, 0.29) is 11.7 Å². The van der Waals surface area contributed by atoms with Crippen LogP contribution in [0.2, 0.25) is 0 Å². The number of H-pyrrole nitrogens is 1. The molecule has 14 nitrogen and oxygen atoms in total. The van der Waals surface area contributed by atoms with Crippen LogP contribution < -0.4 is 26.2 Å². The lowest BCUT2D eigenvalue weighted by molar-refractivity contribution is -0.134. The number of rotatable bonds is 8. The van der Waals surface area contributed by atoms with Gasteiger partial charge < -0.3 is 25.6 Å². The van der Waals surface area contributed by atoms with E-state index in [1.807, 2.05) is 0 Å². The molecule has 0 aliphatic carbocycles. The molecular formula is C23H25N9O5. The fourth-order valence-corrected chi connectivity index (χ4v) is 3.13. The smallest absolute Gasteiger partial charge is 0.349 e. The Kier molecular flexibility index (Phi) is 8.49. The first-order valence-electron chi connectivity index (χ1n) is 10.7. The normalized spacial score (nSPS) is 11.0. The highest BCUT2D eigenvalue weighted by atomic mass is 16.5. The highest BCUT2D eigenvalue weighted by molar-refractivity contribution is 5.95. The third-order valence-electron chi connectivity index (χ3n) is 4.74. The number of amidine groups is 1. The van der Waals surface area contributed by atoms with Crippen molar-refractivity contribution in [3.63, 3.8) is 0 Å². The van der Waals surface area contributed by atoms with Gasteiger partial charge in [0, 0.05) is 36.5 Å². The molecule has 0 aliphatic heterocycles. The van der Waals surface area contributed by atoms with Crippen molar-refractivity contribution in [1.29, 1.82) is 5.41 Å². The predicted molar refractivity (Wildman–Crippen MR) is 133 cm³/mol. The molecule has 0 unspecified atom stereocenters. The number of nitrogens with two attached hydrogens (primary N) is 1. The number of aliphatic carboxylic acids is 1. The number of aromatic nitrogens is 6. The molecule has 0 amide bonds. The van der Waals surface area contributed by atoms with Crippen molar-refractivity contribution in [2.24, 2.45) is 5.73 Å². The summed E-state index contributed by atoms with van der Waals surface area (Å²) in [5.74, 6) is 0.391. The van der Waals surface area contributed by atoms with Gasteiger partial charge in [0.15, 0.2) is 11.6 Å². The van der Waals surface area contributed by atoms with Crippen molar-refractivity contribution in [3.8, 4) is 17.6 Å². The highest BCUT2D eigenvalue weighted by Crippen LogP contribution is 2.29. The number of pyridine rings is 1. The number of carboxylic acids is 1. The summed E-state index contributed by atoms with van der Waals surface area (Å²) in [5.41, 5.74) is 7.04. The molecule has 0 saturated heterocycles. The average molecular weight is 508 g/mol. The second-order valence-corrected chi connectivity index (χ2v) is 7.38. The third-order valence-corrected chi connectivity index (χ3v) is 4.74. The van der Waals surface area contributed by atoms with Crippen LogP contribution in [0.3, 0.4) is 0 Å². The van der Waals surface area contributed by atoms with E-state index in [9.17, 15) is 4.79 Å². The molecule has 3 heterocycles. The number of carbonyl (C=O) groups is 1. The number of carboxylic acid groups (broad SMARTS) is 1. The number of hydrogen-bond acceptors (Lipinski definition) is 10. The van der Waals surface area contributed by atoms with Crippen molar-refractivity contribution in [2.75, 3.05) is 19.5 Å². The van der Waals surface area contributed by atoms with E-state index < -0.39 is 17.7 Å². The number of nitrogen functional groups attached to an aromatic ring is 1. The summed E-state index contributed by atoms with van der Waals surface area (Å²) < 4.78 is 11.7. The van der Waals surface area contributed by atoms with Gasteiger partial charge in [0.05, 0.1) is 14.2 Å². The SMILES string of the molecule is CC(=O)O.COc1cc([C@H](Nc2ccc(C(=N)N)cc2)c2nn(-c3cccnn3)c(=O)[nH]2)cc(OC)n1. The van der Waals surface area contributed by atoms with Gasteiger partial charge >= 0.3 is 5.69 Å². The molecule has 0 fully saturated rings. The highest BCUT2D eigenvalue weighted by Gasteiger charge is 2.23. The molecule has 192 valence electrons. The van der Waals surface area contributed by atoms with Crippen molar-refractivity contribution < 1.29 is 19.4 Å². The lowest BCUT2D eigenvalue weighted by Crippen LogP contribution is -2.17. The summed E-state index contributed by atoms with van der Waals surface area (Å²) in [5, 5.41) is 30.5. The number of nitrogens with zero attached hydrogens (tertiary/aromatic N) is 5. The van der Waals surface area contributed by atoms with Gasteiger partial charge in [-0.1, -0.05) is 0 Å². The largest absolute Gasteiger partial charge is 0.481 e. The van der Waals surface area contributed by atoms with E-state index in [1.54, 1.807) is 48.5 Å². The van der Waals surface area contributed by atoms with Crippen LogP contribution in [-0.4, -0.2) is 61.1 Å². The van der Waals surface area contributed by atoms with Crippen LogP contribution in [-0.2, 0) is 4.79 Å². The quantitative estimate of drug-likeness (QED) is 0.170. The van der Waals surface area contributed by atoms with Crippen LogP contribution in [0.4, 0.5) is 5.69 Å². The number of anilines is 1. The summed E-state index contributed by atoms with van der Waals surface area (Å²) in [6.45, 7) is 1.08. The minimum Gasteiger partial charge on any atom is -0.481 e. The van der Waals surface area contributed by atoms with Gasteiger partial charge in [-0.2, -0.15) is 14.8 Å². The maximum Gasteiger partial charge on any atom is 0.349 e. The molecule has 0 aliphatic rings. The first-order valence-corrected chi connectivity index (χ1v) is 10.7. The van der Waals surface area contributed by atoms with Crippen molar-refractivity contribution in [1.82, 2.24) is 29.9 Å². The fourth-order valence-electron chi connectivity index (χ4n) is 3.13. The Labute approximate surface area is 210 Å². The molecule has 1 aromatic carbocycles. The minimum absolute atomic E-state index is 0.0336. The lowest BCUT2D eigenvalue weighted by Gasteiger charge is -2.19. The molecule has 1 atom stereocenters. The fraction of sp³-hybridized carbons (Fsp3) is 0.174. The van der Waals surface area contributed by atoms with Crippen LogP contribution in [0.5, 0.6) is 11.8 Å². The number of methoxy groups -OCH3 is 2. The second kappa shape index (κ2) is 11.9. The minimum atomic E-state index is -0.833. The molecule has 4 aromatic rings. The van der Waals surface area contributed by atoms with Crippen LogP contribution in [0.1, 0.15) is 29.9 Å². The Morgan fingerprint density at radius 1 is 1.16 bits per heavy atom. The molecule has 3 aromatic heterocycles. The molecule has 4 rings (SSSR count). The number of hydrogen-bond donors (Lipinski definition) is 5. The Morgan fingerprint density at radius 3 is 2.30 bits per heavy atom. The molecule has 14 heteroatoms. The van der Waals surface area contributed by atoms with Crippen molar-refractivity contribution in [2.45, 2.75) is 13.0 Å². The summed E-state index contributed by atoms with van der Waals surface area (Å²) in [6.07, 6.45) is 1.51. The maximum absolute atomic E-state index is 12.6. The summed E-state index contributed by atoms with van der Waals surface area (Å²) in [7, 11) is 3.00. The van der Waals surface area contributed by atoms with Gasteiger partial charge in [-0.05, 0) is 42.0 Å². The Morgan fingerprint density at radius 2 is 1.78 bits per heavy atom. The average Bonchev–Trinajstić information content (AvgIpc) is 3.28. The molecule has 0 radical (unpaired) electrons. The number of nitrogens with one attached hydrogen (secondary N) is 3. The van der Waals surface area contributed by atoms with Gasteiger partial charge in [-0.25, -0.2) is 4.79 Å². The third kappa shape index (κ3) is 6.88. The molecule has 0 saturated carbocycles. The monoisotopic (exact) mass is 507 g/mol. The van der Waals surface area contributed by atoms with Crippen LogP contribution in [0.15, 0.2) is 59.5 Å². The van der Waals surface area contributed by atoms with Crippen LogP contribution >= 0.6 is 0 Å². The van der Waals surface area contributed by atoms with Gasteiger partial charge in [-0.3, -0.25) is 15.2 Å². The number of ether oxygens (including phenoxy) is 2. The summed E-state index contributed by atoms with van der Waals surface area (Å²) in [6, 6.07) is 13.1. The predicted octanol–water partition coefficient (Wildman–Crippen LogP) is 1.34. The van der Waals surface area contributed by atoms with Crippen molar-refractivity contribution in [3.05, 3.63) is 82.2 Å².